The monoisotopic (exact) mass is 592 g/mol. The molecule has 1 aromatic heterocycles. The molecule has 1 amide bonds. The minimum atomic E-state index is -0.400. The maximum Gasteiger partial charge on any atom is 0.269 e. The van der Waals surface area contributed by atoms with Crippen molar-refractivity contribution in [2.45, 2.75) is 19.5 Å². The Morgan fingerprint density at radius 2 is 1.59 bits per heavy atom. The Morgan fingerprint density at radius 3 is 2.22 bits per heavy atom. The van der Waals surface area contributed by atoms with Gasteiger partial charge in [0.2, 0.25) is 5.91 Å². The third-order valence-electron chi connectivity index (χ3n) is 7.50. The zero-order valence-corrected chi connectivity index (χ0v) is 24.4. The van der Waals surface area contributed by atoms with E-state index in [1.165, 1.54) is 10.8 Å². The molecule has 2 heterocycles. The van der Waals surface area contributed by atoms with Crippen molar-refractivity contribution in [3.63, 3.8) is 0 Å². The van der Waals surface area contributed by atoms with Crippen molar-refractivity contribution in [1.82, 2.24) is 19.4 Å². The number of amides is 1. The SMILES string of the molecule is CC(=O)c1ccc(-c2ccc(C(CN3CCOCC3)N(C)C(=O)Cn3c(=O)cnc4cc(Cl)c(Cl)cc43)cc2)cc1. The summed E-state index contributed by atoms with van der Waals surface area (Å²) < 4.78 is 6.90. The number of carbonyl (C=O) groups is 2. The van der Waals surface area contributed by atoms with E-state index in [9.17, 15) is 14.4 Å². The van der Waals surface area contributed by atoms with Crippen LogP contribution in [0.2, 0.25) is 10.0 Å². The molecule has 1 unspecified atom stereocenters. The van der Waals surface area contributed by atoms with Gasteiger partial charge in [-0.2, -0.15) is 0 Å². The third-order valence-corrected chi connectivity index (χ3v) is 8.22. The Balaban J connectivity index is 1.43. The van der Waals surface area contributed by atoms with Crippen LogP contribution in [0, 0.1) is 0 Å². The average Bonchev–Trinajstić information content (AvgIpc) is 2.98. The summed E-state index contributed by atoms with van der Waals surface area (Å²) in [7, 11) is 1.76. The average molecular weight is 594 g/mol. The molecular formula is C31H30Cl2N4O4. The minimum absolute atomic E-state index is 0.0273. The summed E-state index contributed by atoms with van der Waals surface area (Å²) >= 11 is 12.4. The van der Waals surface area contributed by atoms with Crippen LogP contribution in [-0.2, 0) is 16.1 Å². The number of rotatable bonds is 8. The molecule has 0 saturated carbocycles. The third kappa shape index (κ3) is 6.52. The van der Waals surface area contributed by atoms with Crippen LogP contribution in [0.1, 0.15) is 28.9 Å². The number of carbonyl (C=O) groups excluding carboxylic acids is 2. The molecule has 4 aromatic rings. The van der Waals surface area contributed by atoms with Crippen LogP contribution in [-0.4, -0.2) is 70.9 Å². The number of hydrogen-bond acceptors (Lipinski definition) is 6. The van der Waals surface area contributed by atoms with Gasteiger partial charge in [0, 0.05) is 32.2 Å². The zero-order valence-electron chi connectivity index (χ0n) is 22.8. The number of likely N-dealkylation sites (N-methyl/N-ethyl adjacent to an activating group) is 1. The van der Waals surface area contributed by atoms with Crippen molar-refractivity contribution < 1.29 is 14.3 Å². The highest BCUT2D eigenvalue weighted by atomic mass is 35.5. The van der Waals surface area contributed by atoms with Gasteiger partial charge in [-0.15, -0.1) is 0 Å². The Bertz CT molecular complexity index is 1630. The fourth-order valence-corrected chi connectivity index (χ4v) is 5.33. The van der Waals surface area contributed by atoms with E-state index in [4.69, 9.17) is 27.9 Å². The maximum atomic E-state index is 13.7. The van der Waals surface area contributed by atoms with Crippen molar-refractivity contribution in [1.29, 1.82) is 0 Å². The first-order valence-electron chi connectivity index (χ1n) is 13.3. The van der Waals surface area contributed by atoms with Gasteiger partial charge in [0.25, 0.3) is 5.56 Å². The predicted octanol–water partition coefficient (Wildman–Crippen LogP) is 5.10. The lowest BCUT2D eigenvalue weighted by Gasteiger charge is -2.35. The van der Waals surface area contributed by atoms with Crippen molar-refractivity contribution in [2.24, 2.45) is 0 Å². The normalized spacial score (nSPS) is 14.6. The van der Waals surface area contributed by atoms with Gasteiger partial charge in [0.05, 0.1) is 46.5 Å². The first-order valence-corrected chi connectivity index (χ1v) is 14.1. The number of fused-ring (bicyclic) bond motifs is 1. The van der Waals surface area contributed by atoms with Gasteiger partial charge in [-0.25, -0.2) is 4.98 Å². The van der Waals surface area contributed by atoms with Gasteiger partial charge in [0.15, 0.2) is 5.78 Å². The molecule has 1 fully saturated rings. The number of hydrogen-bond donors (Lipinski definition) is 0. The number of morpholine rings is 1. The number of benzene rings is 3. The number of halogens is 2. The second-order valence-electron chi connectivity index (χ2n) is 10.1. The summed E-state index contributed by atoms with van der Waals surface area (Å²) in [4.78, 5) is 46.3. The van der Waals surface area contributed by atoms with Gasteiger partial charge in [-0.1, -0.05) is 71.7 Å². The second kappa shape index (κ2) is 12.5. The number of ketones is 1. The van der Waals surface area contributed by atoms with E-state index in [0.717, 1.165) is 29.8 Å². The Kier molecular flexibility index (Phi) is 8.85. The van der Waals surface area contributed by atoms with Crippen LogP contribution < -0.4 is 5.56 Å². The molecule has 0 radical (unpaired) electrons. The van der Waals surface area contributed by atoms with Gasteiger partial charge in [0.1, 0.15) is 6.54 Å². The fourth-order valence-electron chi connectivity index (χ4n) is 5.02. The number of aromatic nitrogens is 2. The molecule has 1 aliphatic heterocycles. The highest BCUT2D eigenvalue weighted by Gasteiger charge is 2.26. The van der Waals surface area contributed by atoms with E-state index in [1.54, 1.807) is 31.0 Å². The van der Waals surface area contributed by atoms with E-state index in [0.29, 0.717) is 41.4 Å². The molecule has 0 aliphatic carbocycles. The van der Waals surface area contributed by atoms with Crippen molar-refractivity contribution in [3.8, 4) is 11.1 Å². The molecule has 0 N–H and O–H groups in total. The Morgan fingerprint density at radius 1 is 0.976 bits per heavy atom. The minimum Gasteiger partial charge on any atom is -0.379 e. The topological polar surface area (TPSA) is 84.7 Å². The molecule has 212 valence electrons. The smallest absolute Gasteiger partial charge is 0.269 e. The van der Waals surface area contributed by atoms with Gasteiger partial charge < -0.3 is 9.64 Å². The first-order chi connectivity index (χ1) is 19.7. The summed E-state index contributed by atoms with van der Waals surface area (Å²) in [5, 5.41) is 0.603. The molecule has 1 atom stereocenters. The standard InChI is InChI=1S/C31H30Cl2N4O4/c1-20(38)21-3-5-22(6-4-21)23-7-9-24(10-8-23)29(18-36-11-13-41-14-12-36)35(2)31(40)19-37-28-16-26(33)25(32)15-27(28)34-17-30(37)39/h3-10,15-17,29H,11-14,18-19H2,1-2H3. The van der Waals surface area contributed by atoms with Crippen LogP contribution in [0.4, 0.5) is 0 Å². The van der Waals surface area contributed by atoms with Crippen LogP contribution in [0.5, 0.6) is 0 Å². The van der Waals surface area contributed by atoms with Crippen molar-refractivity contribution in [3.05, 3.63) is 98.4 Å². The molecule has 1 saturated heterocycles. The largest absolute Gasteiger partial charge is 0.379 e. The van der Waals surface area contributed by atoms with Gasteiger partial charge >= 0.3 is 0 Å². The van der Waals surface area contributed by atoms with E-state index in [-0.39, 0.29) is 29.3 Å². The lowest BCUT2D eigenvalue weighted by Crippen LogP contribution is -2.45. The maximum absolute atomic E-state index is 13.7. The molecule has 41 heavy (non-hydrogen) atoms. The molecule has 10 heteroatoms. The quantitative estimate of drug-likeness (QED) is 0.264. The van der Waals surface area contributed by atoms with Crippen LogP contribution in [0.3, 0.4) is 0 Å². The highest BCUT2D eigenvalue weighted by molar-refractivity contribution is 6.42. The highest BCUT2D eigenvalue weighted by Crippen LogP contribution is 2.28. The lowest BCUT2D eigenvalue weighted by molar-refractivity contribution is -0.133. The number of Topliss-reactive ketones (excluding diaryl/α,β-unsaturated/α-hetero) is 1. The summed E-state index contributed by atoms with van der Waals surface area (Å²) in [5.74, 6) is -0.202. The summed E-state index contributed by atoms with van der Waals surface area (Å²) in [5.41, 5.74) is 4.17. The molecule has 0 bridgehead atoms. The van der Waals surface area contributed by atoms with E-state index >= 15 is 0 Å². The van der Waals surface area contributed by atoms with E-state index < -0.39 is 5.56 Å². The van der Waals surface area contributed by atoms with Gasteiger partial charge in [-0.05, 0) is 35.7 Å². The summed E-state index contributed by atoms with van der Waals surface area (Å²) in [6.07, 6.45) is 1.19. The predicted molar refractivity (Wildman–Crippen MR) is 161 cm³/mol. The fraction of sp³-hybridized carbons (Fsp3) is 0.290. The molecule has 5 rings (SSSR count). The van der Waals surface area contributed by atoms with E-state index in [2.05, 4.69) is 9.88 Å². The van der Waals surface area contributed by atoms with Gasteiger partial charge in [-0.3, -0.25) is 23.9 Å². The zero-order chi connectivity index (χ0) is 29.1. The first kappa shape index (κ1) is 29.0. The number of nitrogens with zero attached hydrogens (tertiary/aromatic N) is 4. The molecule has 8 nitrogen and oxygen atoms in total. The van der Waals surface area contributed by atoms with Crippen molar-refractivity contribution in [2.75, 3.05) is 39.9 Å². The second-order valence-corrected chi connectivity index (χ2v) is 10.9. The molecule has 1 aliphatic rings. The lowest BCUT2D eigenvalue weighted by atomic mass is 9.98. The molecule has 0 spiro atoms. The summed E-state index contributed by atoms with van der Waals surface area (Å²) in [6, 6.07) is 18.5. The number of ether oxygens (including phenoxy) is 1. The Hall–Kier alpha value is -3.56. The van der Waals surface area contributed by atoms with E-state index in [1.807, 2.05) is 48.5 Å². The molecule has 3 aromatic carbocycles. The van der Waals surface area contributed by atoms with Crippen LogP contribution in [0.15, 0.2) is 71.7 Å². The summed E-state index contributed by atoms with van der Waals surface area (Å²) in [6.45, 7) is 4.81. The molecular weight excluding hydrogens is 563 g/mol. The van der Waals surface area contributed by atoms with Crippen molar-refractivity contribution >= 4 is 45.9 Å². The van der Waals surface area contributed by atoms with Crippen LogP contribution in [0.25, 0.3) is 22.2 Å². The Labute approximate surface area is 248 Å². The van der Waals surface area contributed by atoms with Crippen LogP contribution >= 0.6 is 23.2 Å².